The Morgan fingerprint density at radius 2 is 1.32 bits per heavy atom. The molecule has 0 aliphatic carbocycles. The Bertz CT molecular complexity index is 428. The molecule has 1 aromatic rings. The van der Waals surface area contributed by atoms with Crippen LogP contribution in [0.2, 0.25) is 10.6 Å². The molecule has 1 saturated heterocycles. The van der Waals surface area contributed by atoms with E-state index in [-0.39, 0.29) is 18.3 Å². The maximum absolute atomic E-state index is 5.80. The molecule has 0 N–H and O–H groups in total. The summed E-state index contributed by atoms with van der Waals surface area (Å²) in [6.07, 6.45) is 0. The molecule has 0 radical (unpaired) electrons. The van der Waals surface area contributed by atoms with Gasteiger partial charge in [-0.25, -0.2) is 0 Å². The molecule has 22 heavy (non-hydrogen) atoms. The predicted octanol–water partition coefficient (Wildman–Crippen LogP) is 4.33. The van der Waals surface area contributed by atoms with Crippen molar-refractivity contribution in [1.29, 1.82) is 0 Å². The first-order chi connectivity index (χ1) is 10.0. The third kappa shape index (κ3) is 5.74. The molecular formula is C18H31BO2Se. The van der Waals surface area contributed by atoms with Crippen molar-refractivity contribution in [1.82, 2.24) is 0 Å². The van der Waals surface area contributed by atoms with Crippen LogP contribution in [0, 0.1) is 0 Å². The summed E-state index contributed by atoms with van der Waals surface area (Å²) in [5.41, 5.74) is -0.357. The van der Waals surface area contributed by atoms with Gasteiger partial charge in [0.15, 0.2) is 0 Å². The molecule has 2 nitrogen and oxygen atoms in total. The molecule has 1 aliphatic heterocycles. The fourth-order valence-electron chi connectivity index (χ4n) is 1.93. The van der Waals surface area contributed by atoms with Crippen LogP contribution < -0.4 is 4.46 Å². The Balaban J connectivity index is 0.000000224. The zero-order valence-corrected chi connectivity index (χ0v) is 17.1. The van der Waals surface area contributed by atoms with Crippen molar-refractivity contribution >= 4 is 26.5 Å². The van der Waals surface area contributed by atoms with Crippen molar-refractivity contribution in [2.75, 3.05) is 0 Å². The predicted molar refractivity (Wildman–Crippen MR) is 98.1 cm³/mol. The Hall–Kier alpha value is -0.276. The minimum atomic E-state index is -0.179. The van der Waals surface area contributed by atoms with Crippen molar-refractivity contribution in [2.24, 2.45) is 0 Å². The van der Waals surface area contributed by atoms with Gasteiger partial charge in [0.05, 0.1) is 11.2 Å². The SMILES string of the molecule is CC(C)B1OC(C)(C)C(C)(C)O1.CC(C)[Se]c1ccccc1. The molecule has 0 unspecified atom stereocenters. The Kier molecular flexibility index (Phi) is 7.20. The van der Waals surface area contributed by atoms with Crippen molar-refractivity contribution in [2.45, 2.75) is 77.2 Å². The molecule has 0 spiro atoms. The van der Waals surface area contributed by atoms with Crippen LogP contribution in [0.5, 0.6) is 0 Å². The molecule has 0 bridgehead atoms. The standard InChI is InChI=1S/C9H19BO2.C9H12Se/c1-7(2)10-11-8(3,4)9(5,6)12-10;1-8(2)10-9-6-4-3-5-7-9/h7H,1-6H3;3-8H,1-2H3. The van der Waals surface area contributed by atoms with Crippen LogP contribution >= 0.6 is 0 Å². The van der Waals surface area contributed by atoms with Crippen molar-refractivity contribution in [3.8, 4) is 0 Å². The summed E-state index contributed by atoms with van der Waals surface area (Å²) in [4.78, 5) is 0.829. The van der Waals surface area contributed by atoms with Gasteiger partial charge >= 0.3 is 75.5 Å². The van der Waals surface area contributed by atoms with Gasteiger partial charge in [-0.15, -0.1) is 0 Å². The van der Waals surface area contributed by atoms with Crippen molar-refractivity contribution < 1.29 is 9.31 Å². The van der Waals surface area contributed by atoms with Crippen LogP contribution in [0.4, 0.5) is 0 Å². The van der Waals surface area contributed by atoms with Gasteiger partial charge in [0, 0.05) is 0 Å². The van der Waals surface area contributed by atoms with E-state index in [4.69, 9.17) is 9.31 Å². The zero-order chi connectivity index (χ0) is 17.0. The van der Waals surface area contributed by atoms with E-state index in [9.17, 15) is 0 Å². The van der Waals surface area contributed by atoms with E-state index >= 15 is 0 Å². The Labute approximate surface area is 143 Å². The van der Waals surface area contributed by atoms with Gasteiger partial charge in [-0.05, 0) is 33.5 Å². The molecule has 1 heterocycles. The first-order valence-corrected chi connectivity index (χ1v) is 9.97. The average molecular weight is 369 g/mol. The van der Waals surface area contributed by atoms with Crippen LogP contribution in [0.1, 0.15) is 55.4 Å². The molecule has 0 atom stereocenters. The second kappa shape index (κ2) is 8.01. The van der Waals surface area contributed by atoms with E-state index < -0.39 is 0 Å². The van der Waals surface area contributed by atoms with E-state index in [1.54, 1.807) is 0 Å². The molecular weight excluding hydrogens is 338 g/mol. The van der Waals surface area contributed by atoms with E-state index in [2.05, 4.69) is 85.7 Å². The van der Waals surface area contributed by atoms with Crippen LogP contribution in [-0.2, 0) is 9.31 Å². The first kappa shape index (κ1) is 19.8. The van der Waals surface area contributed by atoms with Crippen LogP contribution in [-0.4, -0.2) is 33.3 Å². The average Bonchev–Trinajstić information content (AvgIpc) is 2.60. The maximum atomic E-state index is 5.80. The Morgan fingerprint density at radius 3 is 1.64 bits per heavy atom. The summed E-state index contributed by atoms with van der Waals surface area (Å²) >= 11 is 0.668. The van der Waals surface area contributed by atoms with Gasteiger partial charge in [0.25, 0.3) is 0 Å². The fourth-order valence-corrected chi connectivity index (χ4v) is 3.73. The van der Waals surface area contributed by atoms with Crippen molar-refractivity contribution in [3.05, 3.63) is 30.3 Å². The van der Waals surface area contributed by atoms with Crippen LogP contribution in [0.25, 0.3) is 0 Å². The topological polar surface area (TPSA) is 18.5 Å². The zero-order valence-electron chi connectivity index (χ0n) is 15.3. The third-order valence-corrected chi connectivity index (χ3v) is 6.06. The van der Waals surface area contributed by atoms with Gasteiger partial charge in [0.1, 0.15) is 0 Å². The summed E-state index contributed by atoms with van der Waals surface area (Å²) < 4.78 is 13.1. The number of hydrogen-bond acceptors (Lipinski definition) is 2. The second-order valence-electron chi connectivity index (χ2n) is 7.35. The van der Waals surface area contributed by atoms with Crippen LogP contribution in [0.15, 0.2) is 30.3 Å². The van der Waals surface area contributed by atoms with Gasteiger partial charge in [0.2, 0.25) is 0 Å². The third-order valence-electron chi connectivity index (χ3n) is 3.93. The molecule has 1 aliphatic rings. The summed E-state index contributed by atoms with van der Waals surface area (Å²) in [5.74, 6) is 0.422. The fraction of sp³-hybridized carbons (Fsp3) is 0.667. The summed E-state index contributed by atoms with van der Waals surface area (Å²) in [6, 6.07) is 10.7. The monoisotopic (exact) mass is 370 g/mol. The number of rotatable bonds is 3. The molecule has 0 saturated carbocycles. The molecule has 124 valence electrons. The summed E-state index contributed by atoms with van der Waals surface area (Å²) in [7, 11) is -0.0463. The van der Waals surface area contributed by atoms with Crippen molar-refractivity contribution in [3.63, 3.8) is 0 Å². The molecule has 0 amide bonds. The van der Waals surface area contributed by atoms with E-state index in [0.717, 1.165) is 4.82 Å². The summed E-state index contributed by atoms with van der Waals surface area (Å²) in [6.45, 7) is 17.1. The first-order valence-electron chi connectivity index (χ1n) is 8.12. The van der Waals surface area contributed by atoms with Crippen LogP contribution in [0.3, 0.4) is 0 Å². The van der Waals surface area contributed by atoms with Gasteiger partial charge in [-0.3, -0.25) is 0 Å². The number of benzene rings is 1. The molecule has 1 fully saturated rings. The second-order valence-corrected chi connectivity index (χ2v) is 10.8. The van der Waals surface area contributed by atoms with Gasteiger partial charge in [-0.1, -0.05) is 13.8 Å². The summed E-state index contributed by atoms with van der Waals surface area (Å²) in [5, 5.41) is 0. The van der Waals surface area contributed by atoms with E-state index in [1.165, 1.54) is 4.46 Å². The molecule has 1 aromatic carbocycles. The molecule has 4 heteroatoms. The molecule has 0 aromatic heterocycles. The van der Waals surface area contributed by atoms with Gasteiger partial charge < -0.3 is 9.31 Å². The molecule has 2 rings (SSSR count). The van der Waals surface area contributed by atoms with E-state index in [0.29, 0.717) is 20.8 Å². The quantitative estimate of drug-likeness (QED) is 0.739. The Morgan fingerprint density at radius 1 is 0.864 bits per heavy atom. The minimum absolute atomic E-state index is 0.0463. The normalized spacial score (nSPS) is 19.3. The number of hydrogen-bond donors (Lipinski definition) is 0. The van der Waals surface area contributed by atoms with Gasteiger partial charge in [-0.2, -0.15) is 0 Å². The van der Waals surface area contributed by atoms with E-state index in [1.807, 2.05) is 0 Å².